The Bertz CT molecular complexity index is 548. The molecule has 0 bridgehead atoms. The SMILES string of the molecule is CC(c1ccccc1)c1cc(Cl)ccc1OP(O)F. The van der Waals surface area contributed by atoms with Crippen molar-refractivity contribution in [3.05, 3.63) is 64.7 Å². The monoisotopic (exact) mass is 298 g/mol. The fraction of sp³-hybridized carbons (Fsp3) is 0.143. The zero-order chi connectivity index (χ0) is 13.8. The summed E-state index contributed by atoms with van der Waals surface area (Å²) in [5, 5.41) is 0.547. The third kappa shape index (κ3) is 3.66. The summed E-state index contributed by atoms with van der Waals surface area (Å²) in [6, 6.07) is 14.7. The summed E-state index contributed by atoms with van der Waals surface area (Å²) in [5.74, 6) is 0.307. The molecule has 0 aromatic heterocycles. The minimum absolute atomic E-state index is 0.00940. The van der Waals surface area contributed by atoms with Gasteiger partial charge < -0.3 is 9.42 Å². The molecule has 2 aromatic rings. The molecule has 2 rings (SSSR count). The molecule has 2 unspecified atom stereocenters. The van der Waals surface area contributed by atoms with Crippen LogP contribution in [0.25, 0.3) is 0 Å². The van der Waals surface area contributed by atoms with Gasteiger partial charge in [-0.2, -0.15) is 0 Å². The van der Waals surface area contributed by atoms with E-state index in [1.807, 2.05) is 37.3 Å². The van der Waals surface area contributed by atoms with Crippen molar-refractivity contribution >= 4 is 20.3 Å². The first-order chi connectivity index (χ1) is 9.08. The van der Waals surface area contributed by atoms with Gasteiger partial charge in [0.1, 0.15) is 5.75 Å². The topological polar surface area (TPSA) is 29.5 Å². The van der Waals surface area contributed by atoms with Crippen LogP contribution < -0.4 is 4.52 Å². The van der Waals surface area contributed by atoms with Crippen LogP contribution in [-0.4, -0.2) is 4.89 Å². The van der Waals surface area contributed by atoms with Gasteiger partial charge in [-0.15, -0.1) is 4.20 Å². The Morgan fingerprint density at radius 2 is 1.89 bits per heavy atom. The van der Waals surface area contributed by atoms with Crippen LogP contribution in [-0.2, 0) is 0 Å². The minimum atomic E-state index is -2.94. The zero-order valence-corrected chi connectivity index (χ0v) is 11.9. The molecule has 0 heterocycles. The number of hydrogen-bond acceptors (Lipinski definition) is 2. The molecule has 0 saturated heterocycles. The first kappa shape index (κ1) is 14.3. The lowest BCUT2D eigenvalue weighted by Gasteiger charge is -2.17. The van der Waals surface area contributed by atoms with Crippen LogP contribution >= 0.6 is 20.3 Å². The summed E-state index contributed by atoms with van der Waals surface area (Å²) in [7, 11) is -2.94. The predicted octanol–water partition coefficient (Wildman–Crippen LogP) is 5.06. The van der Waals surface area contributed by atoms with Crippen LogP contribution in [0.5, 0.6) is 5.75 Å². The fourth-order valence-electron chi connectivity index (χ4n) is 1.94. The lowest BCUT2D eigenvalue weighted by molar-refractivity contribution is 0.430. The quantitative estimate of drug-likeness (QED) is 0.800. The molecule has 2 atom stereocenters. The van der Waals surface area contributed by atoms with Crippen LogP contribution in [0.15, 0.2) is 48.5 Å². The number of halogens is 2. The Morgan fingerprint density at radius 3 is 2.53 bits per heavy atom. The summed E-state index contributed by atoms with van der Waals surface area (Å²) in [5.41, 5.74) is 1.81. The number of rotatable bonds is 4. The molecule has 0 radical (unpaired) electrons. The predicted molar refractivity (Wildman–Crippen MR) is 76.3 cm³/mol. The van der Waals surface area contributed by atoms with Crippen molar-refractivity contribution in [3.8, 4) is 5.75 Å². The standard InChI is InChI=1S/C14H13ClFO2P/c1-10(11-5-3-2-4-6-11)13-9-12(15)7-8-14(13)18-19(16)17/h2-10,17H,1H3. The van der Waals surface area contributed by atoms with Crippen molar-refractivity contribution in [1.82, 2.24) is 0 Å². The second-order valence-corrected chi connectivity index (χ2v) is 5.20. The van der Waals surface area contributed by atoms with Crippen LogP contribution in [0.2, 0.25) is 5.02 Å². The van der Waals surface area contributed by atoms with E-state index in [-0.39, 0.29) is 5.92 Å². The molecule has 0 aliphatic heterocycles. The molecular weight excluding hydrogens is 286 g/mol. The van der Waals surface area contributed by atoms with Gasteiger partial charge in [0.2, 0.25) is 0 Å². The highest BCUT2D eigenvalue weighted by Gasteiger charge is 2.17. The number of benzene rings is 2. The van der Waals surface area contributed by atoms with Gasteiger partial charge in [0.15, 0.2) is 0 Å². The van der Waals surface area contributed by atoms with Crippen molar-refractivity contribution in [2.24, 2.45) is 0 Å². The molecule has 0 aliphatic carbocycles. The van der Waals surface area contributed by atoms with E-state index in [1.54, 1.807) is 18.2 Å². The van der Waals surface area contributed by atoms with Crippen LogP contribution in [0, 0.1) is 0 Å². The highest BCUT2D eigenvalue weighted by molar-refractivity contribution is 7.40. The molecule has 19 heavy (non-hydrogen) atoms. The third-order valence-electron chi connectivity index (χ3n) is 2.91. The van der Waals surface area contributed by atoms with E-state index in [0.717, 1.165) is 11.1 Å². The molecule has 0 aliphatic rings. The van der Waals surface area contributed by atoms with Gasteiger partial charge in [0.05, 0.1) is 0 Å². The molecule has 1 N–H and O–H groups in total. The Morgan fingerprint density at radius 1 is 1.21 bits per heavy atom. The second-order valence-electron chi connectivity index (χ2n) is 4.13. The average molecular weight is 299 g/mol. The molecule has 2 aromatic carbocycles. The van der Waals surface area contributed by atoms with Crippen LogP contribution in [0.1, 0.15) is 24.0 Å². The van der Waals surface area contributed by atoms with Crippen molar-refractivity contribution in [2.45, 2.75) is 12.8 Å². The maximum Gasteiger partial charge on any atom is 0.436 e. The van der Waals surface area contributed by atoms with Gasteiger partial charge >= 0.3 is 8.69 Å². The van der Waals surface area contributed by atoms with E-state index < -0.39 is 8.69 Å². The molecule has 0 amide bonds. The summed E-state index contributed by atoms with van der Waals surface area (Å²) < 4.78 is 17.5. The fourth-order valence-corrected chi connectivity index (χ4v) is 2.45. The highest BCUT2D eigenvalue weighted by atomic mass is 35.5. The normalized spacial score (nSPS) is 13.9. The molecule has 0 spiro atoms. The summed E-state index contributed by atoms with van der Waals surface area (Å²) in [6.07, 6.45) is 0. The lowest BCUT2D eigenvalue weighted by Crippen LogP contribution is -1.99. The van der Waals surface area contributed by atoms with E-state index in [9.17, 15) is 4.20 Å². The zero-order valence-electron chi connectivity index (χ0n) is 10.3. The summed E-state index contributed by atoms with van der Waals surface area (Å²) in [6.45, 7) is 1.98. The molecule has 2 nitrogen and oxygen atoms in total. The largest absolute Gasteiger partial charge is 0.436 e. The Hall–Kier alpha value is -1.15. The van der Waals surface area contributed by atoms with Crippen molar-refractivity contribution in [1.29, 1.82) is 0 Å². The van der Waals surface area contributed by atoms with E-state index in [1.165, 1.54) is 0 Å². The van der Waals surface area contributed by atoms with Gasteiger partial charge in [-0.25, -0.2) is 0 Å². The highest BCUT2D eigenvalue weighted by Crippen LogP contribution is 2.41. The van der Waals surface area contributed by atoms with Crippen LogP contribution in [0.3, 0.4) is 0 Å². The molecule has 0 saturated carbocycles. The molecule has 5 heteroatoms. The minimum Gasteiger partial charge on any atom is -0.424 e. The van der Waals surface area contributed by atoms with Gasteiger partial charge in [0.25, 0.3) is 0 Å². The Kier molecular flexibility index (Phi) is 4.76. The maximum absolute atomic E-state index is 12.7. The average Bonchev–Trinajstić information content (AvgIpc) is 2.40. The van der Waals surface area contributed by atoms with Gasteiger partial charge in [-0.05, 0) is 23.8 Å². The third-order valence-corrected chi connectivity index (χ3v) is 3.49. The smallest absolute Gasteiger partial charge is 0.424 e. The summed E-state index contributed by atoms with van der Waals surface area (Å²) in [4.78, 5) is 8.79. The number of hydrogen-bond donors (Lipinski definition) is 1. The Balaban J connectivity index is 2.39. The summed E-state index contributed by atoms with van der Waals surface area (Å²) >= 11 is 5.98. The molecule has 100 valence electrons. The first-order valence-corrected chi connectivity index (χ1v) is 7.23. The van der Waals surface area contributed by atoms with Gasteiger partial charge in [-0.3, -0.25) is 0 Å². The van der Waals surface area contributed by atoms with Gasteiger partial charge in [-0.1, -0.05) is 48.9 Å². The van der Waals surface area contributed by atoms with Gasteiger partial charge in [0, 0.05) is 16.5 Å². The van der Waals surface area contributed by atoms with E-state index in [4.69, 9.17) is 21.0 Å². The van der Waals surface area contributed by atoms with Crippen LogP contribution in [0.4, 0.5) is 4.20 Å². The van der Waals surface area contributed by atoms with Crippen molar-refractivity contribution in [3.63, 3.8) is 0 Å². The van der Waals surface area contributed by atoms with E-state index in [0.29, 0.717) is 10.8 Å². The second kappa shape index (κ2) is 6.33. The van der Waals surface area contributed by atoms with E-state index >= 15 is 0 Å². The lowest BCUT2D eigenvalue weighted by atomic mass is 9.92. The van der Waals surface area contributed by atoms with E-state index in [2.05, 4.69) is 0 Å². The Labute approximate surface area is 117 Å². The molecular formula is C14H13ClFO2P. The van der Waals surface area contributed by atoms with Crippen molar-refractivity contribution < 1.29 is 13.6 Å². The first-order valence-electron chi connectivity index (χ1n) is 5.75. The maximum atomic E-state index is 12.7. The molecule has 0 fully saturated rings. The van der Waals surface area contributed by atoms with Crippen molar-refractivity contribution in [2.75, 3.05) is 0 Å².